The fourth-order valence-corrected chi connectivity index (χ4v) is 3.68. The molecule has 1 aliphatic rings. The molecule has 1 aromatic heterocycles. The zero-order valence-corrected chi connectivity index (χ0v) is 18.3. The van der Waals surface area contributed by atoms with Crippen molar-refractivity contribution in [3.63, 3.8) is 0 Å². The first-order valence-electron chi connectivity index (χ1n) is 10.5. The molecule has 4 rings (SSSR count). The number of hydrogen-bond acceptors (Lipinski definition) is 4. The highest BCUT2D eigenvalue weighted by molar-refractivity contribution is 6.01. The molecule has 8 nitrogen and oxygen atoms in total. The first-order valence-corrected chi connectivity index (χ1v) is 10.5. The fourth-order valence-electron chi connectivity index (χ4n) is 3.68. The summed E-state index contributed by atoms with van der Waals surface area (Å²) in [6, 6.07) is 16.7. The van der Waals surface area contributed by atoms with Crippen molar-refractivity contribution in [2.45, 2.75) is 32.1 Å². The van der Waals surface area contributed by atoms with E-state index in [9.17, 15) is 18.8 Å². The highest BCUT2D eigenvalue weighted by atomic mass is 19.1. The summed E-state index contributed by atoms with van der Waals surface area (Å²) in [5.74, 6) is -1.54. The predicted octanol–water partition coefficient (Wildman–Crippen LogP) is 2.11. The van der Waals surface area contributed by atoms with Gasteiger partial charge < -0.3 is 15.5 Å². The Bertz CT molecular complexity index is 1190. The molecule has 3 amide bonds. The van der Waals surface area contributed by atoms with E-state index in [1.807, 2.05) is 30.3 Å². The Morgan fingerprint density at radius 2 is 1.67 bits per heavy atom. The van der Waals surface area contributed by atoms with Crippen molar-refractivity contribution in [1.29, 1.82) is 0 Å². The maximum atomic E-state index is 13.0. The summed E-state index contributed by atoms with van der Waals surface area (Å²) in [5, 5.41) is 9.87. The number of likely N-dealkylation sites (N-methyl/N-ethyl adjacent to an activating group) is 1. The minimum absolute atomic E-state index is 0.0720. The Labute approximate surface area is 190 Å². The van der Waals surface area contributed by atoms with E-state index in [2.05, 4.69) is 15.7 Å². The van der Waals surface area contributed by atoms with Crippen molar-refractivity contribution < 1.29 is 18.8 Å². The quantitative estimate of drug-likeness (QED) is 0.603. The van der Waals surface area contributed by atoms with Crippen LogP contribution in [-0.2, 0) is 24.4 Å². The van der Waals surface area contributed by atoms with E-state index in [0.29, 0.717) is 6.54 Å². The molecule has 2 N–H and O–H groups in total. The molecule has 0 radical (unpaired) electrons. The second kappa shape index (κ2) is 8.85. The number of benzene rings is 2. The summed E-state index contributed by atoms with van der Waals surface area (Å²) >= 11 is 0. The van der Waals surface area contributed by atoms with Gasteiger partial charge in [-0.05, 0) is 30.2 Å². The van der Waals surface area contributed by atoms with Crippen LogP contribution < -0.4 is 10.6 Å². The lowest BCUT2D eigenvalue weighted by Crippen LogP contribution is -2.62. The third kappa shape index (κ3) is 4.48. The number of rotatable bonds is 6. The molecule has 3 aromatic rings. The molecule has 33 heavy (non-hydrogen) atoms. The van der Waals surface area contributed by atoms with Crippen molar-refractivity contribution in [2.24, 2.45) is 0 Å². The van der Waals surface area contributed by atoms with Gasteiger partial charge in [0, 0.05) is 26.2 Å². The van der Waals surface area contributed by atoms with Gasteiger partial charge in [-0.1, -0.05) is 42.5 Å². The van der Waals surface area contributed by atoms with Crippen LogP contribution in [0.15, 0.2) is 60.7 Å². The molecule has 0 saturated carbocycles. The fraction of sp³-hybridized carbons (Fsp3) is 0.250. The van der Waals surface area contributed by atoms with Gasteiger partial charge in [0.1, 0.15) is 17.1 Å². The molecule has 0 bridgehead atoms. The molecule has 0 fully saturated rings. The number of nitrogens with zero attached hydrogens (tertiary/aromatic N) is 3. The van der Waals surface area contributed by atoms with Gasteiger partial charge in [0.2, 0.25) is 5.91 Å². The second-order valence-electron chi connectivity index (χ2n) is 8.19. The van der Waals surface area contributed by atoms with E-state index >= 15 is 0 Å². The minimum Gasteiger partial charge on any atom is -0.350 e. The first-order chi connectivity index (χ1) is 15.8. The Balaban J connectivity index is 1.47. The molecular weight excluding hydrogens is 425 g/mol. The van der Waals surface area contributed by atoms with E-state index in [1.165, 1.54) is 27.8 Å². The molecule has 2 aromatic carbocycles. The highest BCUT2D eigenvalue weighted by Gasteiger charge is 2.46. The first kappa shape index (κ1) is 22.2. The van der Waals surface area contributed by atoms with Crippen LogP contribution >= 0.6 is 0 Å². The Kier molecular flexibility index (Phi) is 5.95. The van der Waals surface area contributed by atoms with Crippen molar-refractivity contribution in [3.05, 3.63) is 89.0 Å². The normalized spacial score (nSPS) is 17.4. The molecular formula is C24H24FN5O3. The van der Waals surface area contributed by atoms with Crippen LogP contribution in [0.2, 0.25) is 0 Å². The number of aromatic nitrogens is 2. The Morgan fingerprint density at radius 3 is 2.36 bits per heavy atom. The SMILES string of the molecule is CN1C(=O)c2cc(C(=O)NCc3ccc(F)cc3)nn2CC1(C)C(=O)NCc1ccccc1. The molecule has 1 unspecified atom stereocenters. The number of halogens is 1. The average Bonchev–Trinajstić information content (AvgIpc) is 3.25. The van der Waals surface area contributed by atoms with Crippen LogP contribution in [0.4, 0.5) is 4.39 Å². The van der Waals surface area contributed by atoms with Crippen molar-refractivity contribution >= 4 is 17.7 Å². The lowest BCUT2D eigenvalue weighted by atomic mass is 9.96. The summed E-state index contributed by atoms with van der Waals surface area (Å²) in [5.41, 5.74) is 0.805. The van der Waals surface area contributed by atoms with Crippen LogP contribution in [0.1, 0.15) is 39.0 Å². The standard InChI is InChI=1S/C24H24FN5O3/c1-24(23(33)27-14-16-6-4-3-5-7-16)15-30-20(22(32)29(24)2)12-19(28-30)21(31)26-13-17-8-10-18(25)11-9-17/h3-12H,13-15H2,1-2H3,(H,26,31)(H,27,33). The monoisotopic (exact) mass is 449 g/mol. The minimum atomic E-state index is -1.17. The summed E-state index contributed by atoms with van der Waals surface area (Å²) < 4.78 is 14.4. The summed E-state index contributed by atoms with van der Waals surface area (Å²) in [6.45, 7) is 2.30. The van der Waals surface area contributed by atoms with Gasteiger partial charge in [0.15, 0.2) is 5.69 Å². The van der Waals surface area contributed by atoms with Crippen LogP contribution in [0, 0.1) is 5.82 Å². The topological polar surface area (TPSA) is 96.3 Å². The van der Waals surface area contributed by atoms with Gasteiger partial charge in [-0.2, -0.15) is 5.10 Å². The molecule has 0 saturated heterocycles. The van der Waals surface area contributed by atoms with Gasteiger partial charge in [0.25, 0.3) is 11.8 Å². The summed E-state index contributed by atoms with van der Waals surface area (Å²) in [6.07, 6.45) is 0. The van der Waals surface area contributed by atoms with E-state index in [-0.39, 0.29) is 36.2 Å². The smallest absolute Gasteiger partial charge is 0.272 e. The van der Waals surface area contributed by atoms with Crippen LogP contribution in [0.25, 0.3) is 0 Å². The molecule has 1 aliphatic heterocycles. The number of fused-ring (bicyclic) bond motifs is 1. The molecule has 0 spiro atoms. The third-order valence-electron chi connectivity index (χ3n) is 5.89. The van der Waals surface area contributed by atoms with Gasteiger partial charge >= 0.3 is 0 Å². The number of nitrogens with one attached hydrogen (secondary N) is 2. The van der Waals surface area contributed by atoms with Crippen LogP contribution in [-0.4, -0.2) is 45.0 Å². The van der Waals surface area contributed by atoms with E-state index in [4.69, 9.17) is 0 Å². The second-order valence-corrected chi connectivity index (χ2v) is 8.19. The van der Waals surface area contributed by atoms with Crippen molar-refractivity contribution in [2.75, 3.05) is 7.05 Å². The lowest BCUT2D eigenvalue weighted by molar-refractivity contribution is -0.132. The molecule has 9 heteroatoms. The lowest BCUT2D eigenvalue weighted by Gasteiger charge is -2.40. The number of hydrogen-bond donors (Lipinski definition) is 2. The molecule has 2 heterocycles. The zero-order valence-electron chi connectivity index (χ0n) is 18.3. The van der Waals surface area contributed by atoms with Crippen LogP contribution in [0.3, 0.4) is 0 Å². The van der Waals surface area contributed by atoms with Gasteiger partial charge in [0.05, 0.1) is 6.54 Å². The highest BCUT2D eigenvalue weighted by Crippen LogP contribution is 2.26. The Morgan fingerprint density at radius 1 is 1.03 bits per heavy atom. The van der Waals surface area contributed by atoms with Crippen molar-refractivity contribution in [1.82, 2.24) is 25.3 Å². The zero-order chi connectivity index (χ0) is 23.6. The predicted molar refractivity (Wildman–Crippen MR) is 119 cm³/mol. The van der Waals surface area contributed by atoms with E-state index in [0.717, 1.165) is 11.1 Å². The summed E-state index contributed by atoms with van der Waals surface area (Å²) in [7, 11) is 1.56. The van der Waals surface area contributed by atoms with E-state index in [1.54, 1.807) is 26.1 Å². The Hall–Kier alpha value is -4.01. The third-order valence-corrected chi connectivity index (χ3v) is 5.89. The number of carbonyl (C=O) groups excluding carboxylic acids is 3. The number of carbonyl (C=O) groups is 3. The van der Waals surface area contributed by atoms with Crippen LogP contribution in [0.5, 0.6) is 0 Å². The molecule has 170 valence electrons. The van der Waals surface area contributed by atoms with Gasteiger partial charge in [-0.15, -0.1) is 0 Å². The maximum Gasteiger partial charge on any atom is 0.272 e. The van der Waals surface area contributed by atoms with Gasteiger partial charge in [-0.3, -0.25) is 19.1 Å². The number of amides is 3. The molecule has 0 aliphatic carbocycles. The van der Waals surface area contributed by atoms with E-state index < -0.39 is 17.4 Å². The summed E-state index contributed by atoms with van der Waals surface area (Å²) in [4.78, 5) is 40.0. The largest absolute Gasteiger partial charge is 0.350 e. The molecule has 1 atom stereocenters. The van der Waals surface area contributed by atoms with Crippen molar-refractivity contribution in [3.8, 4) is 0 Å². The average molecular weight is 449 g/mol. The maximum absolute atomic E-state index is 13.0. The van der Waals surface area contributed by atoms with Gasteiger partial charge in [-0.25, -0.2) is 4.39 Å².